The van der Waals surface area contributed by atoms with Crippen molar-refractivity contribution < 1.29 is 30.1 Å². The molecule has 10 nitrogen and oxygen atoms in total. The van der Waals surface area contributed by atoms with Gasteiger partial charge in [-0.3, -0.25) is 4.90 Å². The zero-order chi connectivity index (χ0) is 28.2. The molecule has 2 N–H and O–H groups in total. The molecule has 1 unspecified atom stereocenters. The predicted molar refractivity (Wildman–Crippen MR) is 159 cm³/mol. The van der Waals surface area contributed by atoms with Crippen molar-refractivity contribution >= 4 is 63.3 Å². The van der Waals surface area contributed by atoms with Gasteiger partial charge in [0.05, 0.1) is 32.8 Å². The third kappa shape index (κ3) is 8.47. The number of hydrogen-bond donors (Lipinski definition) is 2. The first-order chi connectivity index (χ1) is 18.5. The Bertz CT molecular complexity index is 1460. The highest BCUT2D eigenvalue weighted by Crippen LogP contribution is 2.40. The van der Waals surface area contributed by atoms with Gasteiger partial charge in [0.2, 0.25) is 5.95 Å². The zero-order valence-corrected chi connectivity index (χ0v) is 26.0. The van der Waals surface area contributed by atoms with Crippen molar-refractivity contribution in [2.75, 3.05) is 50.8 Å². The molecule has 40 heavy (non-hydrogen) atoms. The van der Waals surface area contributed by atoms with E-state index in [1.54, 1.807) is 7.11 Å². The average Bonchev–Trinajstić information content (AvgIpc) is 2.86. The van der Waals surface area contributed by atoms with Gasteiger partial charge >= 0.3 is 10.5 Å². The average molecular weight is 636 g/mol. The molecule has 1 aliphatic heterocycles. The number of benzene rings is 2. The van der Waals surface area contributed by atoms with Gasteiger partial charge < -0.3 is 24.1 Å². The van der Waals surface area contributed by atoms with Crippen molar-refractivity contribution in [2.45, 2.75) is 13.0 Å². The highest BCUT2D eigenvalue weighted by atomic mass is 35.5. The molecule has 0 amide bonds. The summed E-state index contributed by atoms with van der Waals surface area (Å²) in [7, 11) is -4.57. The number of aromatic nitrogens is 2. The normalized spacial score (nSPS) is 13.3. The Hall–Kier alpha value is -2.56. The number of halogens is 3. The predicted octanol–water partition coefficient (Wildman–Crippen LogP) is 5.64. The molecule has 0 spiro atoms. The first kappa shape index (κ1) is 32.0. The van der Waals surface area contributed by atoms with Crippen LogP contribution in [0.1, 0.15) is 11.1 Å². The molecule has 1 aromatic heterocycles. The number of ether oxygens (including phenoxy) is 1. The molecule has 1 aliphatic rings. The molecular formula is C24H30ClF2N5O5P2S. The van der Waals surface area contributed by atoms with Crippen molar-refractivity contribution in [1.29, 1.82) is 0 Å². The lowest BCUT2D eigenvalue weighted by Gasteiger charge is -2.28. The summed E-state index contributed by atoms with van der Waals surface area (Å²) in [5.74, 6) is 1.01. The second kappa shape index (κ2) is 13.9. The van der Waals surface area contributed by atoms with E-state index in [1.807, 2.05) is 25.5 Å². The Balaban J connectivity index is 0.00000441. The van der Waals surface area contributed by atoms with E-state index in [-0.39, 0.29) is 38.2 Å². The number of fused-ring (bicyclic) bond motifs is 1. The fourth-order valence-electron chi connectivity index (χ4n) is 4.03. The molecule has 0 radical (unpaired) electrons. The van der Waals surface area contributed by atoms with E-state index >= 15 is 0 Å². The Morgan fingerprint density at radius 2 is 1.90 bits per heavy atom. The maximum absolute atomic E-state index is 13.0. The molecule has 1 atom stereocenters. The van der Waals surface area contributed by atoms with Crippen LogP contribution in [0.3, 0.4) is 0 Å². The van der Waals surface area contributed by atoms with E-state index in [2.05, 4.69) is 29.7 Å². The number of alkyl halides is 1. The molecule has 4 rings (SSSR count). The van der Waals surface area contributed by atoms with Crippen molar-refractivity contribution in [3.8, 4) is 17.2 Å². The van der Waals surface area contributed by atoms with Gasteiger partial charge in [0.15, 0.2) is 5.82 Å². The van der Waals surface area contributed by atoms with Crippen LogP contribution in [0.2, 0.25) is 5.02 Å². The van der Waals surface area contributed by atoms with Crippen molar-refractivity contribution in [1.82, 2.24) is 14.9 Å². The van der Waals surface area contributed by atoms with Crippen LogP contribution in [0.5, 0.6) is 17.2 Å². The van der Waals surface area contributed by atoms with Crippen LogP contribution < -0.4 is 24.1 Å². The Morgan fingerprint density at radius 1 is 1.12 bits per heavy atom. The second-order valence-corrected chi connectivity index (χ2v) is 11.9. The largest absolute Gasteiger partial charge is 0.495 e. The number of nitrogens with one attached hydrogen (secondary N) is 2. The summed E-state index contributed by atoms with van der Waals surface area (Å²) in [5, 5.41) is 6.41. The number of nitrogens with zero attached hydrogens (tertiary/aromatic N) is 3. The van der Waals surface area contributed by atoms with Gasteiger partial charge in [-0.1, -0.05) is 15.5 Å². The van der Waals surface area contributed by atoms with Gasteiger partial charge in [-0.25, -0.2) is 9.37 Å². The monoisotopic (exact) mass is 635 g/mol. The minimum atomic E-state index is -5.20. The molecule has 2 aromatic carbocycles. The molecule has 0 saturated carbocycles. The first-order valence-corrected chi connectivity index (χ1v) is 15.6. The van der Waals surface area contributed by atoms with Gasteiger partial charge in [-0.15, -0.1) is 0 Å². The van der Waals surface area contributed by atoms with Crippen LogP contribution in [0, 0.1) is 0 Å². The van der Waals surface area contributed by atoms with Gasteiger partial charge in [-0.2, -0.15) is 23.3 Å². The SMILES string of the molecule is COc1cc2c(cc1Nc1ncc(Cl)c(Nc3ccc(OS(=O)(=O)F)cc3OP(C)C)n1)CN(CCF)CC2.P. The summed E-state index contributed by atoms with van der Waals surface area (Å²) in [6.45, 7) is 5.05. The Morgan fingerprint density at radius 3 is 2.58 bits per heavy atom. The Kier molecular flexibility index (Phi) is 11.1. The summed E-state index contributed by atoms with van der Waals surface area (Å²) in [6.07, 6.45) is 2.20. The quantitative estimate of drug-likeness (QED) is 0.203. The van der Waals surface area contributed by atoms with Gasteiger partial charge in [0.25, 0.3) is 0 Å². The maximum Gasteiger partial charge on any atom is 0.488 e. The topological polar surface area (TPSA) is 115 Å². The molecule has 0 fully saturated rings. The summed E-state index contributed by atoms with van der Waals surface area (Å²) in [5.41, 5.74) is 3.22. The molecule has 0 saturated heterocycles. The maximum atomic E-state index is 13.0. The highest BCUT2D eigenvalue weighted by Gasteiger charge is 2.20. The molecular weight excluding hydrogens is 606 g/mol. The lowest BCUT2D eigenvalue weighted by molar-refractivity contribution is 0.231. The third-order valence-electron chi connectivity index (χ3n) is 5.69. The highest BCUT2D eigenvalue weighted by molar-refractivity contribution is 7.81. The van der Waals surface area contributed by atoms with E-state index in [0.29, 0.717) is 30.2 Å². The minimum Gasteiger partial charge on any atom is -0.495 e. The second-order valence-electron chi connectivity index (χ2n) is 8.71. The van der Waals surface area contributed by atoms with E-state index < -0.39 is 25.3 Å². The molecule has 2 heterocycles. The fraction of sp³-hybridized carbons (Fsp3) is 0.333. The van der Waals surface area contributed by atoms with Crippen LogP contribution in [-0.2, 0) is 23.5 Å². The van der Waals surface area contributed by atoms with Crippen LogP contribution in [0.25, 0.3) is 0 Å². The molecule has 218 valence electrons. The van der Waals surface area contributed by atoms with Gasteiger partial charge in [-0.05, 0) is 55.1 Å². The number of rotatable bonds is 11. The van der Waals surface area contributed by atoms with Crippen molar-refractivity contribution in [3.05, 3.63) is 52.7 Å². The molecule has 0 bridgehead atoms. The standard InChI is InChI=1S/C24H27ClF2N5O5PS.H3P/c1-35-21-11-15-6-8-32(9-7-26)14-16(15)10-20(21)30-24-28-13-18(25)23(31-24)29-19-5-4-17(37-39(27,33)34)12-22(19)36-38(2)3;/h4-5,10-13H,6-9,14H2,1-3H3,(H2,28,29,30,31);1H3. The van der Waals surface area contributed by atoms with Crippen LogP contribution >= 0.6 is 29.6 Å². The summed E-state index contributed by atoms with van der Waals surface area (Å²) >= 11 is 6.36. The van der Waals surface area contributed by atoms with Gasteiger partial charge in [0.1, 0.15) is 28.9 Å². The summed E-state index contributed by atoms with van der Waals surface area (Å²) in [6, 6.07) is 7.87. The minimum absolute atomic E-state index is 0. The number of anilines is 4. The number of hydrogen-bond acceptors (Lipinski definition) is 10. The van der Waals surface area contributed by atoms with Crippen LogP contribution in [-0.4, -0.2) is 63.5 Å². The smallest absolute Gasteiger partial charge is 0.488 e. The first-order valence-electron chi connectivity index (χ1n) is 11.7. The number of methoxy groups -OCH3 is 1. The van der Waals surface area contributed by atoms with E-state index in [0.717, 1.165) is 24.1 Å². The molecule has 3 aromatic rings. The Labute approximate surface area is 241 Å². The summed E-state index contributed by atoms with van der Waals surface area (Å²) in [4.78, 5) is 10.8. The lowest BCUT2D eigenvalue weighted by Crippen LogP contribution is -2.32. The van der Waals surface area contributed by atoms with Crippen molar-refractivity contribution in [3.63, 3.8) is 0 Å². The van der Waals surface area contributed by atoms with Crippen LogP contribution in [0.4, 0.5) is 31.4 Å². The van der Waals surface area contributed by atoms with E-state index in [4.69, 9.17) is 20.9 Å². The van der Waals surface area contributed by atoms with Gasteiger partial charge in [0, 0.05) is 25.7 Å². The zero-order valence-electron chi connectivity index (χ0n) is 22.1. The van der Waals surface area contributed by atoms with Crippen LogP contribution in [0.15, 0.2) is 36.5 Å². The van der Waals surface area contributed by atoms with E-state index in [9.17, 15) is 16.7 Å². The fourth-order valence-corrected chi connectivity index (χ4v) is 5.05. The van der Waals surface area contributed by atoms with E-state index in [1.165, 1.54) is 24.4 Å². The summed E-state index contributed by atoms with van der Waals surface area (Å²) < 4.78 is 63.4. The third-order valence-corrected chi connectivity index (χ3v) is 6.92. The lowest BCUT2D eigenvalue weighted by atomic mass is 9.98. The molecule has 0 aliphatic carbocycles. The molecule has 16 heteroatoms. The van der Waals surface area contributed by atoms with Crippen molar-refractivity contribution in [2.24, 2.45) is 0 Å².